The summed E-state index contributed by atoms with van der Waals surface area (Å²) in [6.45, 7) is 0.422. The number of benzene rings is 2. The van der Waals surface area contributed by atoms with Gasteiger partial charge >= 0.3 is 0 Å². The van der Waals surface area contributed by atoms with E-state index < -0.39 is 4.92 Å². The second kappa shape index (κ2) is 6.54. The van der Waals surface area contributed by atoms with Gasteiger partial charge in [0.1, 0.15) is 11.5 Å². The van der Waals surface area contributed by atoms with Crippen LogP contribution >= 0.6 is 11.6 Å². The number of nitrogens with one attached hydrogen (secondary N) is 1. The third-order valence-electron chi connectivity index (χ3n) is 3.32. The van der Waals surface area contributed by atoms with Gasteiger partial charge in [-0.1, -0.05) is 29.8 Å². The van der Waals surface area contributed by atoms with Crippen molar-refractivity contribution < 1.29 is 9.34 Å². The van der Waals surface area contributed by atoms with Crippen molar-refractivity contribution in [1.82, 2.24) is 0 Å². The topological polar surface area (TPSA) is 68.3 Å². The lowest BCUT2D eigenvalue weighted by Crippen LogP contribution is -1.98. The molecule has 116 valence electrons. The molecule has 0 atom stereocenters. The van der Waals surface area contributed by atoms with E-state index in [1.165, 1.54) is 12.1 Å². The molecule has 0 amide bonds. The van der Waals surface area contributed by atoms with Crippen LogP contribution in [0.25, 0.3) is 11.3 Å². The molecule has 1 aromatic heterocycles. The lowest BCUT2D eigenvalue weighted by atomic mass is 10.2. The van der Waals surface area contributed by atoms with Gasteiger partial charge in [-0.15, -0.1) is 0 Å². The van der Waals surface area contributed by atoms with Crippen LogP contribution in [0.1, 0.15) is 5.76 Å². The number of hydrogen-bond acceptors (Lipinski definition) is 4. The Hall–Kier alpha value is -2.79. The van der Waals surface area contributed by atoms with Gasteiger partial charge in [-0.3, -0.25) is 10.1 Å². The molecular formula is C17H13ClN2O3. The largest absolute Gasteiger partial charge is 0.459 e. The van der Waals surface area contributed by atoms with Gasteiger partial charge in [0.05, 0.1) is 16.5 Å². The maximum Gasteiger partial charge on any atom is 0.271 e. The molecule has 0 bridgehead atoms. The smallest absolute Gasteiger partial charge is 0.271 e. The zero-order chi connectivity index (χ0) is 16.2. The Morgan fingerprint density at radius 3 is 2.70 bits per heavy atom. The second-order valence-electron chi connectivity index (χ2n) is 4.91. The zero-order valence-corrected chi connectivity index (χ0v) is 12.8. The van der Waals surface area contributed by atoms with Crippen molar-refractivity contribution in [1.29, 1.82) is 0 Å². The van der Waals surface area contributed by atoms with E-state index in [9.17, 15) is 10.1 Å². The van der Waals surface area contributed by atoms with Gasteiger partial charge in [0.15, 0.2) is 0 Å². The van der Waals surface area contributed by atoms with Crippen molar-refractivity contribution in [3.8, 4) is 11.3 Å². The molecule has 3 rings (SSSR count). The summed E-state index contributed by atoms with van der Waals surface area (Å²) in [7, 11) is 0. The standard InChI is InChI=1S/C17H13ClN2O3/c18-16-7-2-1-6-15(16)17-9-8-14(23-17)11-19-12-4-3-5-13(10-12)20(21)22/h1-10,19H,11H2. The Kier molecular flexibility index (Phi) is 4.30. The first kappa shape index (κ1) is 15.1. The van der Waals surface area contributed by atoms with Gasteiger partial charge in [-0.25, -0.2) is 0 Å². The highest BCUT2D eigenvalue weighted by atomic mass is 35.5. The number of hydrogen-bond donors (Lipinski definition) is 1. The van der Waals surface area contributed by atoms with Crippen molar-refractivity contribution in [3.05, 3.63) is 81.6 Å². The molecule has 3 aromatic rings. The van der Waals surface area contributed by atoms with Gasteiger partial charge in [0, 0.05) is 23.4 Å². The van der Waals surface area contributed by atoms with Gasteiger partial charge in [0.25, 0.3) is 5.69 Å². The summed E-state index contributed by atoms with van der Waals surface area (Å²) < 4.78 is 5.77. The van der Waals surface area contributed by atoms with Crippen molar-refractivity contribution in [2.45, 2.75) is 6.54 Å². The lowest BCUT2D eigenvalue weighted by Gasteiger charge is -2.04. The quantitative estimate of drug-likeness (QED) is 0.521. The van der Waals surface area contributed by atoms with Gasteiger partial charge in [-0.05, 0) is 30.3 Å². The molecule has 23 heavy (non-hydrogen) atoms. The SMILES string of the molecule is O=[N+]([O-])c1cccc(NCc2ccc(-c3ccccc3Cl)o2)c1. The Balaban J connectivity index is 1.72. The summed E-state index contributed by atoms with van der Waals surface area (Å²) in [5.74, 6) is 1.40. The van der Waals surface area contributed by atoms with Crippen LogP contribution in [0.3, 0.4) is 0 Å². The number of furan rings is 1. The highest BCUT2D eigenvalue weighted by molar-refractivity contribution is 6.33. The Bertz CT molecular complexity index is 845. The van der Waals surface area contributed by atoms with E-state index in [1.807, 2.05) is 30.3 Å². The third-order valence-corrected chi connectivity index (χ3v) is 3.65. The highest BCUT2D eigenvalue weighted by Crippen LogP contribution is 2.29. The van der Waals surface area contributed by atoms with Crippen molar-refractivity contribution in [3.63, 3.8) is 0 Å². The monoisotopic (exact) mass is 328 g/mol. The van der Waals surface area contributed by atoms with E-state index in [2.05, 4.69) is 5.32 Å². The van der Waals surface area contributed by atoms with Crippen LogP contribution in [0.4, 0.5) is 11.4 Å². The Morgan fingerprint density at radius 1 is 1.09 bits per heavy atom. The fourth-order valence-corrected chi connectivity index (χ4v) is 2.43. The Morgan fingerprint density at radius 2 is 1.91 bits per heavy atom. The van der Waals surface area contributed by atoms with Gasteiger partial charge < -0.3 is 9.73 Å². The molecular weight excluding hydrogens is 316 g/mol. The maximum atomic E-state index is 10.8. The molecule has 5 nitrogen and oxygen atoms in total. The minimum atomic E-state index is -0.423. The second-order valence-corrected chi connectivity index (χ2v) is 5.31. The molecule has 1 heterocycles. The molecule has 0 aliphatic heterocycles. The maximum absolute atomic E-state index is 10.8. The molecule has 0 spiro atoms. The van der Waals surface area contributed by atoms with Crippen molar-refractivity contribution >= 4 is 23.0 Å². The molecule has 1 N–H and O–H groups in total. The molecule has 0 unspecified atom stereocenters. The summed E-state index contributed by atoms with van der Waals surface area (Å²) in [6, 6.07) is 17.5. The van der Waals surface area contributed by atoms with Crippen molar-refractivity contribution in [2.75, 3.05) is 5.32 Å². The predicted octanol–water partition coefficient (Wildman–Crippen LogP) is 5.12. The molecule has 0 aliphatic carbocycles. The van der Waals surface area contributed by atoms with Gasteiger partial charge in [-0.2, -0.15) is 0 Å². The van der Waals surface area contributed by atoms with Crippen LogP contribution in [-0.2, 0) is 6.54 Å². The van der Waals surface area contributed by atoms with Crippen LogP contribution < -0.4 is 5.32 Å². The summed E-state index contributed by atoms with van der Waals surface area (Å²) in [5, 5.41) is 14.5. The zero-order valence-electron chi connectivity index (χ0n) is 12.0. The average Bonchev–Trinajstić information content (AvgIpc) is 3.02. The number of nitrogens with zero attached hydrogens (tertiary/aromatic N) is 1. The highest BCUT2D eigenvalue weighted by Gasteiger charge is 2.09. The third kappa shape index (κ3) is 3.52. The van der Waals surface area contributed by atoms with Crippen LogP contribution in [0.5, 0.6) is 0 Å². The number of non-ortho nitro benzene ring substituents is 1. The van der Waals surface area contributed by atoms with Gasteiger partial charge in [0.2, 0.25) is 0 Å². The summed E-state index contributed by atoms with van der Waals surface area (Å²) in [4.78, 5) is 10.3. The van der Waals surface area contributed by atoms with Crippen LogP contribution in [-0.4, -0.2) is 4.92 Å². The minimum Gasteiger partial charge on any atom is -0.459 e. The van der Waals surface area contributed by atoms with E-state index in [4.69, 9.17) is 16.0 Å². The first-order valence-corrected chi connectivity index (χ1v) is 7.33. The lowest BCUT2D eigenvalue weighted by molar-refractivity contribution is -0.384. The molecule has 0 aliphatic rings. The minimum absolute atomic E-state index is 0.0474. The summed E-state index contributed by atoms with van der Waals surface area (Å²) in [5.41, 5.74) is 1.54. The first-order valence-electron chi connectivity index (χ1n) is 6.95. The summed E-state index contributed by atoms with van der Waals surface area (Å²) >= 11 is 6.15. The average molecular weight is 329 g/mol. The predicted molar refractivity (Wildman–Crippen MR) is 89.6 cm³/mol. The van der Waals surface area contributed by atoms with E-state index in [0.717, 1.165) is 5.56 Å². The fourth-order valence-electron chi connectivity index (χ4n) is 2.20. The molecule has 0 fully saturated rings. The van der Waals surface area contributed by atoms with E-state index in [-0.39, 0.29) is 5.69 Å². The Labute approximate surface area is 137 Å². The van der Waals surface area contributed by atoms with Crippen LogP contribution in [0, 0.1) is 10.1 Å². The fraction of sp³-hybridized carbons (Fsp3) is 0.0588. The number of nitro groups is 1. The van der Waals surface area contributed by atoms with Crippen LogP contribution in [0.2, 0.25) is 5.02 Å². The molecule has 6 heteroatoms. The number of rotatable bonds is 5. The molecule has 0 radical (unpaired) electrons. The van der Waals surface area contributed by atoms with Crippen LogP contribution in [0.15, 0.2) is 65.1 Å². The van der Waals surface area contributed by atoms with E-state index in [0.29, 0.717) is 28.8 Å². The summed E-state index contributed by atoms with van der Waals surface area (Å²) in [6.07, 6.45) is 0. The van der Waals surface area contributed by atoms with Crippen molar-refractivity contribution in [2.24, 2.45) is 0 Å². The van der Waals surface area contributed by atoms with E-state index >= 15 is 0 Å². The number of anilines is 1. The first-order chi connectivity index (χ1) is 11.1. The number of halogens is 1. The molecule has 0 saturated carbocycles. The molecule has 2 aromatic carbocycles. The molecule has 0 saturated heterocycles. The van der Waals surface area contributed by atoms with E-state index in [1.54, 1.807) is 18.2 Å². The number of nitro benzene ring substituents is 1. The normalized spacial score (nSPS) is 10.5.